The number of hydrogen-bond acceptors (Lipinski definition) is 9. The Hall–Kier alpha value is -3.42. The number of aliphatic hydroxyl groups excluding tert-OH is 1. The van der Waals surface area contributed by atoms with E-state index < -0.39 is 11.6 Å². The van der Waals surface area contributed by atoms with E-state index in [0.29, 0.717) is 42.7 Å². The van der Waals surface area contributed by atoms with Gasteiger partial charge < -0.3 is 26.4 Å². The molecule has 0 bridgehead atoms. The number of amides is 1. The van der Waals surface area contributed by atoms with Gasteiger partial charge in [0.2, 0.25) is 17.8 Å². The van der Waals surface area contributed by atoms with Crippen LogP contribution in [0.2, 0.25) is 0 Å². The molecule has 1 amide bonds. The number of halogens is 2. The van der Waals surface area contributed by atoms with Crippen molar-refractivity contribution in [1.29, 1.82) is 0 Å². The van der Waals surface area contributed by atoms with E-state index in [4.69, 9.17) is 15.7 Å². The maximum atomic E-state index is 14.7. The first-order chi connectivity index (χ1) is 20.9. The van der Waals surface area contributed by atoms with E-state index >= 15 is 0 Å². The number of nitrogens with two attached hydrogens (primary N) is 1. The number of β-amino-alcohol motifs (C(OH)–C–C–N with tert-alkyl or cyclic N) is 1. The highest BCUT2D eigenvalue weighted by molar-refractivity contribution is 5.79. The lowest BCUT2D eigenvalue weighted by Gasteiger charge is -2.38. The number of carbonyl (C=O) groups is 1. The lowest BCUT2D eigenvalue weighted by Crippen LogP contribution is -2.51. The first-order valence-corrected chi connectivity index (χ1v) is 15.5. The van der Waals surface area contributed by atoms with Crippen molar-refractivity contribution < 1.29 is 18.7 Å². The maximum Gasteiger partial charge on any atom is 0.225 e. The fraction of sp³-hybridized carbons (Fsp3) is 0.613. The third-order valence-electron chi connectivity index (χ3n) is 9.23. The minimum absolute atomic E-state index is 0. The molecule has 3 aromatic rings. The van der Waals surface area contributed by atoms with Crippen LogP contribution in [0.4, 0.5) is 26.4 Å². The third kappa shape index (κ3) is 7.10. The van der Waals surface area contributed by atoms with Crippen LogP contribution >= 0.6 is 0 Å². The number of nitrogens with one attached hydrogen (secondary N) is 2. The topological polar surface area (TPSA) is 137 Å². The molecule has 1 aliphatic heterocycles. The van der Waals surface area contributed by atoms with Crippen LogP contribution in [0, 0.1) is 17.6 Å². The summed E-state index contributed by atoms with van der Waals surface area (Å²) in [6, 6.07) is 3.87. The zero-order chi connectivity index (χ0) is 29.9. The molecule has 2 aromatic heterocycles. The Morgan fingerprint density at radius 1 is 1.00 bits per heavy atom. The van der Waals surface area contributed by atoms with Crippen LogP contribution < -0.4 is 16.4 Å². The van der Waals surface area contributed by atoms with Crippen LogP contribution in [0.3, 0.4) is 0 Å². The monoisotopic (exact) mass is 613 g/mol. The van der Waals surface area contributed by atoms with Gasteiger partial charge in [0.05, 0.1) is 18.5 Å². The smallest absolute Gasteiger partial charge is 0.225 e. The van der Waals surface area contributed by atoms with Gasteiger partial charge in [-0.3, -0.25) is 14.3 Å². The molecule has 2 aliphatic carbocycles. The highest BCUT2D eigenvalue weighted by Gasteiger charge is 2.33. The number of nitrogens with zero attached hydrogens (tertiary/aromatic N) is 6. The Morgan fingerprint density at radius 3 is 2.41 bits per heavy atom. The van der Waals surface area contributed by atoms with Crippen LogP contribution in [0.15, 0.2) is 24.4 Å². The molecule has 0 spiro atoms. The number of carbonyl (C=O) groups excluding carboxylic acids is 1. The van der Waals surface area contributed by atoms with Gasteiger partial charge in [-0.05, 0) is 63.5 Å². The molecule has 2 saturated carbocycles. The SMILES string of the molecule is C.NC1CCC(Nc2ncc3nc(Nc4ccc(F)cc4F)n(C4CCC(C(=O)N5CCN(CCO)CC5)CC4)c3n2)CC1. The van der Waals surface area contributed by atoms with Crippen molar-refractivity contribution >= 4 is 34.7 Å². The molecule has 6 rings (SSSR count). The van der Waals surface area contributed by atoms with Gasteiger partial charge in [-0.15, -0.1) is 0 Å². The highest BCUT2D eigenvalue weighted by Crippen LogP contribution is 2.38. The molecule has 1 saturated heterocycles. The van der Waals surface area contributed by atoms with Crippen molar-refractivity contribution in [3.05, 3.63) is 36.0 Å². The molecule has 0 radical (unpaired) electrons. The third-order valence-corrected chi connectivity index (χ3v) is 9.23. The molecule has 0 atom stereocenters. The van der Waals surface area contributed by atoms with E-state index in [0.717, 1.165) is 70.5 Å². The van der Waals surface area contributed by atoms with Gasteiger partial charge in [0.1, 0.15) is 17.2 Å². The van der Waals surface area contributed by atoms with Crippen LogP contribution in [0.1, 0.15) is 64.8 Å². The first-order valence-electron chi connectivity index (χ1n) is 15.5. The van der Waals surface area contributed by atoms with Gasteiger partial charge >= 0.3 is 0 Å². The minimum Gasteiger partial charge on any atom is -0.395 e. The zero-order valence-corrected chi connectivity index (χ0v) is 24.4. The summed E-state index contributed by atoms with van der Waals surface area (Å²) in [5.41, 5.74) is 7.40. The molecule has 1 aromatic carbocycles. The van der Waals surface area contributed by atoms with E-state index in [1.54, 1.807) is 6.20 Å². The molecule has 5 N–H and O–H groups in total. The number of hydrogen-bond donors (Lipinski definition) is 4. The summed E-state index contributed by atoms with van der Waals surface area (Å²) in [5.74, 6) is -0.296. The zero-order valence-electron chi connectivity index (χ0n) is 24.4. The molecular weight excluding hydrogens is 568 g/mol. The fourth-order valence-corrected chi connectivity index (χ4v) is 6.72. The summed E-state index contributed by atoms with van der Waals surface area (Å²) in [5, 5.41) is 15.7. The normalized spacial score (nSPS) is 24.6. The highest BCUT2D eigenvalue weighted by atomic mass is 19.1. The summed E-state index contributed by atoms with van der Waals surface area (Å²) in [6.07, 6.45) is 8.41. The van der Waals surface area contributed by atoms with Crippen molar-refractivity contribution in [3.63, 3.8) is 0 Å². The van der Waals surface area contributed by atoms with E-state index in [9.17, 15) is 18.7 Å². The van der Waals surface area contributed by atoms with E-state index in [2.05, 4.69) is 20.5 Å². The summed E-state index contributed by atoms with van der Waals surface area (Å²) in [4.78, 5) is 31.6. The largest absolute Gasteiger partial charge is 0.395 e. The quantitative estimate of drug-likeness (QED) is 0.297. The van der Waals surface area contributed by atoms with Crippen molar-refractivity contribution in [1.82, 2.24) is 29.3 Å². The Kier molecular flexibility index (Phi) is 10.3. The van der Waals surface area contributed by atoms with Gasteiger partial charge in [0.25, 0.3) is 0 Å². The number of rotatable bonds is 8. The Labute approximate surface area is 257 Å². The van der Waals surface area contributed by atoms with Gasteiger partial charge in [-0.2, -0.15) is 4.98 Å². The predicted octanol–water partition coefficient (Wildman–Crippen LogP) is 4.03. The molecular formula is C31H45F2N9O2. The Morgan fingerprint density at radius 2 is 1.73 bits per heavy atom. The average molecular weight is 614 g/mol. The second-order valence-corrected chi connectivity index (χ2v) is 12.1. The van der Waals surface area contributed by atoms with Crippen molar-refractivity contribution in [2.75, 3.05) is 50.0 Å². The van der Waals surface area contributed by atoms with Crippen molar-refractivity contribution in [2.24, 2.45) is 11.7 Å². The lowest BCUT2D eigenvalue weighted by molar-refractivity contribution is -0.138. The molecule has 44 heavy (non-hydrogen) atoms. The first kappa shape index (κ1) is 32.0. The van der Waals surface area contributed by atoms with E-state index in [-0.39, 0.29) is 49.7 Å². The number of fused-ring (bicyclic) bond motifs is 1. The van der Waals surface area contributed by atoms with Crippen LogP contribution in [0.5, 0.6) is 0 Å². The van der Waals surface area contributed by atoms with Gasteiger partial charge in [0.15, 0.2) is 5.65 Å². The summed E-state index contributed by atoms with van der Waals surface area (Å²) >= 11 is 0. The number of piperazine rings is 1. The molecule has 3 fully saturated rings. The molecule has 0 unspecified atom stereocenters. The van der Waals surface area contributed by atoms with Gasteiger partial charge in [-0.1, -0.05) is 7.43 Å². The molecule has 240 valence electrons. The molecule has 3 heterocycles. The number of anilines is 3. The van der Waals surface area contributed by atoms with Crippen molar-refractivity contribution in [2.45, 2.75) is 76.9 Å². The van der Waals surface area contributed by atoms with Gasteiger partial charge in [-0.25, -0.2) is 18.7 Å². The van der Waals surface area contributed by atoms with E-state index in [1.165, 1.54) is 12.1 Å². The Balaban J connectivity index is 0.00000384. The van der Waals surface area contributed by atoms with Crippen molar-refractivity contribution in [3.8, 4) is 0 Å². The minimum atomic E-state index is -0.712. The van der Waals surface area contributed by atoms with E-state index in [1.807, 2.05) is 9.47 Å². The second-order valence-electron chi connectivity index (χ2n) is 12.1. The lowest BCUT2D eigenvalue weighted by atomic mass is 9.85. The summed E-state index contributed by atoms with van der Waals surface area (Å²) in [7, 11) is 0. The Bertz CT molecular complexity index is 1410. The summed E-state index contributed by atoms with van der Waals surface area (Å²) in [6.45, 7) is 3.69. The maximum absolute atomic E-state index is 14.7. The van der Waals surface area contributed by atoms with Crippen LogP contribution in [0.25, 0.3) is 11.2 Å². The fourth-order valence-electron chi connectivity index (χ4n) is 6.72. The average Bonchev–Trinajstić information content (AvgIpc) is 3.37. The molecule has 13 heteroatoms. The number of aromatic nitrogens is 4. The standard InChI is InChI=1S/C30H41F2N9O2.CH4/c31-20-3-10-25(24(32)17-20)36-30-37-26-18-34-29(35-22-6-4-21(33)5-7-22)38-27(26)41(30)23-8-1-19(2-9-23)28(43)40-13-11-39(12-14-40)15-16-42;/h3,10,17-19,21-23,42H,1-2,4-9,11-16,33H2,(H,36,37)(H,34,35,38);1H4. The molecule has 3 aliphatic rings. The number of aliphatic hydroxyl groups is 1. The summed E-state index contributed by atoms with van der Waals surface area (Å²) < 4.78 is 30.3. The molecule has 11 nitrogen and oxygen atoms in total. The number of imidazole rings is 1. The predicted molar refractivity (Wildman–Crippen MR) is 167 cm³/mol. The van der Waals surface area contributed by atoms with Gasteiger partial charge in [0, 0.05) is 62.8 Å². The van der Waals surface area contributed by atoms with Crippen LogP contribution in [-0.4, -0.2) is 91.7 Å². The second kappa shape index (κ2) is 14.1. The van der Waals surface area contributed by atoms with Crippen LogP contribution in [-0.2, 0) is 4.79 Å². The number of benzene rings is 1.